The lowest BCUT2D eigenvalue weighted by molar-refractivity contribution is -0.120. The highest BCUT2D eigenvalue weighted by Gasteiger charge is 2.19. The van der Waals surface area contributed by atoms with E-state index in [0.717, 1.165) is 30.8 Å². The summed E-state index contributed by atoms with van der Waals surface area (Å²) >= 11 is 5.17. The number of hydrogen-bond donors (Lipinski definition) is 1. The maximum absolute atomic E-state index is 11.2. The van der Waals surface area contributed by atoms with Gasteiger partial charge in [-0.3, -0.25) is 4.79 Å². The summed E-state index contributed by atoms with van der Waals surface area (Å²) in [5.74, 6) is 0.905. The monoisotopic (exact) mass is 292 g/mol. The summed E-state index contributed by atoms with van der Waals surface area (Å²) in [5.41, 5.74) is 1.16. The third-order valence-electron chi connectivity index (χ3n) is 3.21. The van der Waals surface area contributed by atoms with Crippen molar-refractivity contribution >= 4 is 23.2 Å². The number of hydrogen-bond acceptors (Lipinski definition) is 3. The van der Waals surface area contributed by atoms with Gasteiger partial charge in [-0.2, -0.15) is 0 Å². The molecule has 2 rings (SSSR count). The summed E-state index contributed by atoms with van der Waals surface area (Å²) in [5, 5.41) is 3.21. The van der Waals surface area contributed by atoms with Gasteiger partial charge in [0.05, 0.1) is 6.61 Å². The van der Waals surface area contributed by atoms with Crippen LogP contribution in [0.4, 0.5) is 0 Å². The molecule has 1 N–H and O–H groups in total. The first-order valence-electron chi connectivity index (χ1n) is 6.99. The summed E-state index contributed by atoms with van der Waals surface area (Å²) in [4.78, 5) is 13.2. The van der Waals surface area contributed by atoms with Crippen LogP contribution in [0.2, 0.25) is 0 Å². The van der Waals surface area contributed by atoms with Gasteiger partial charge in [-0.15, -0.1) is 0 Å². The standard InChI is InChI=1S/C15H20N2O2S/c1-2-3-10-19-13-6-4-12(5-7-13)11-17-9-8-14(18)16-15(17)20/h4-7H,2-3,8-11H2,1H3,(H,16,18,20). The number of thiocarbonyl (C=S) groups is 1. The van der Waals surface area contributed by atoms with Crippen molar-refractivity contribution in [3.8, 4) is 5.75 Å². The minimum atomic E-state index is 0.00548. The van der Waals surface area contributed by atoms with Crippen LogP contribution in [0.25, 0.3) is 0 Å². The van der Waals surface area contributed by atoms with Crippen molar-refractivity contribution in [2.24, 2.45) is 0 Å². The smallest absolute Gasteiger partial charge is 0.227 e. The molecular formula is C15H20N2O2S. The predicted molar refractivity (Wildman–Crippen MR) is 82.6 cm³/mol. The molecule has 1 aliphatic heterocycles. The van der Waals surface area contributed by atoms with Gasteiger partial charge in [0.2, 0.25) is 5.91 Å². The van der Waals surface area contributed by atoms with Crippen molar-refractivity contribution in [3.63, 3.8) is 0 Å². The first-order chi connectivity index (χ1) is 9.69. The van der Waals surface area contributed by atoms with Crippen molar-refractivity contribution in [2.75, 3.05) is 13.2 Å². The van der Waals surface area contributed by atoms with Crippen molar-refractivity contribution in [3.05, 3.63) is 29.8 Å². The van der Waals surface area contributed by atoms with E-state index in [1.54, 1.807) is 0 Å². The first-order valence-corrected chi connectivity index (χ1v) is 7.40. The third-order valence-corrected chi connectivity index (χ3v) is 3.57. The van der Waals surface area contributed by atoms with Gasteiger partial charge < -0.3 is 15.0 Å². The highest BCUT2D eigenvalue weighted by atomic mass is 32.1. The number of unbranched alkanes of at least 4 members (excludes halogenated alkanes) is 1. The van der Waals surface area contributed by atoms with Crippen LogP contribution >= 0.6 is 12.2 Å². The summed E-state index contributed by atoms with van der Waals surface area (Å²) in [6.45, 7) is 4.30. The van der Waals surface area contributed by atoms with Crippen LogP contribution in [0.1, 0.15) is 31.7 Å². The number of nitrogens with one attached hydrogen (secondary N) is 1. The zero-order valence-corrected chi connectivity index (χ0v) is 12.5. The van der Waals surface area contributed by atoms with Gasteiger partial charge in [0.15, 0.2) is 5.11 Å². The van der Waals surface area contributed by atoms with Gasteiger partial charge in [-0.1, -0.05) is 25.5 Å². The Kier molecular flexibility index (Phi) is 5.35. The lowest BCUT2D eigenvalue weighted by Crippen LogP contribution is -2.48. The van der Waals surface area contributed by atoms with Gasteiger partial charge in [0, 0.05) is 19.5 Å². The van der Waals surface area contributed by atoms with Crippen molar-refractivity contribution < 1.29 is 9.53 Å². The van der Waals surface area contributed by atoms with E-state index in [4.69, 9.17) is 17.0 Å². The normalized spacial score (nSPS) is 15.2. The molecule has 20 heavy (non-hydrogen) atoms. The predicted octanol–water partition coefficient (Wildman–Crippen LogP) is 2.47. The largest absolute Gasteiger partial charge is 0.494 e. The molecule has 0 aliphatic carbocycles. The first kappa shape index (κ1) is 14.8. The molecule has 0 saturated carbocycles. The fourth-order valence-electron chi connectivity index (χ4n) is 2.00. The number of rotatable bonds is 6. The van der Waals surface area contributed by atoms with Crippen molar-refractivity contribution in [1.29, 1.82) is 0 Å². The van der Waals surface area contributed by atoms with Gasteiger partial charge in [-0.25, -0.2) is 0 Å². The Morgan fingerprint density at radius 2 is 2.10 bits per heavy atom. The fraction of sp³-hybridized carbons (Fsp3) is 0.467. The number of ether oxygens (including phenoxy) is 1. The van der Waals surface area contributed by atoms with Crippen LogP contribution in [-0.4, -0.2) is 29.1 Å². The number of carbonyl (C=O) groups excluding carboxylic acids is 1. The number of amides is 1. The van der Waals surface area contributed by atoms with Gasteiger partial charge in [-0.05, 0) is 36.3 Å². The molecule has 0 spiro atoms. The molecule has 1 aromatic rings. The Morgan fingerprint density at radius 1 is 1.35 bits per heavy atom. The second-order valence-corrected chi connectivity index (χ2v) is 5.26. The van der Waals surface area contributed by atoms with Crippen LogP contribution < -0.4 is 10.1 Å². The molecule has 1 amide bonds. The van der Waals surface area contributed by atoms with E-state index >= 15 is 0 Å². The quantitative estimate of drug-likeness (QED) is 0.646. The molecule has 0 atom stereocenters. The molecule has 0 radical (unpaired) electrons. The average Bonchev–Trinajstić information content (AvgIpc) is 2.44. The molecule has 0 aromatic heterocycles. The van der Waals surface area contributed by atoms with Crippen LogP contribution in [0, 0.1) is 0 Å². The fourth-order valence-corrected chi connectivity index (χ4v) is 2.27. The van der Waals surface area contributed by atoms with Crippen LogP contribution in [0.5, 0.6) is 5.75 Å². The third kappa shape index (κ3) is 4.20. The second-order valence-electron chi connectivity index (χ2n) is 4.87. The molecule has 1 aliphatic rings. The molecule has 1 saturated heterocycles. The summed E-state index contributed by atoms with van der Waals surface area (Å²) in [6.07, 6.45) is 2.71. The van der Waals surface area contributed by atoms with E-state index in [1.165, 1.54) is 0 Å². The number of benzene rings is 1. The highest BCUT2D eigenvalue weighted by Crippen LogP contribution is 2.15. The van der Waals surface area contributed by atoms with Crippen molar-refractivity contribution in [1.82, 2.24) is 10.2 Å². The Labute approximate surface area is 125 Å². The maximum Gasteiger partial charge on any atom is 0.227 e. The van der Waals surface area contributed by atoms with E-state index in [0.29, 0.717) is 24.6 Å². The molecule has 1 heterocycles. The SMILES string of the molecule is CCCCOc1ccc(CN2CCC(=O)NC2=S)cc1. The number of nitrogens with zero attached hydrogens (tertiary/aromatic N) is 1. The van der Waals surface area contributed by atoms with Gasteiger partial charge in [0.1, 0.15) is 5.75 Å². The van der Waals surface area contributed by atoms with Crippen LogP contribution in [-0.2, 0) is 11.3 Å². The van der Waals surface area contributed by atoms with E-state index in [2.05, 4.69) is 12.2 Å². The zero-order valence-electron chi connectivity index (χ0n) is 11.7. The Bertz CT molecular complexity index is 473. The highest BCUT2D eigenvalue weighted by molar-refractivity contribution is 7.80. The van der Waals surface area contributed by atoms with Gasteiger partial charge >= 0.3 is 0 Å². The maximum atomic E-state index is 11.2. The Hall–Kier alpha value is -1.62. The molecular weight excluding hydrogens is 272 g/mol. The molecule has 0 bridgehead atoms. The second kappa shape index (κ2) is 7.24. The van der Waals surface area contributed by atoms with Gasteiger partial charge in [0.25, 0.3) is 0 Å². The molecule has 1 aromatic carbocycles. The molecule has 0 unspecified atom stereocenters. The zero-order chi connectivity index (χ0) is 14.4. The Morgan fingerprint density at radius 3 is 2.75 bits per heavy atom. The van der Waals surface area contributed by atoms with E-state index < -0.39 is 0 Å². The van der Waals surface area contributed by atoms with E-state index in [9.17, 15) is 4.79 Å². The minimum absolute atomic E-state index is 0.00548. The van der Waals surface area contributed by atoms with Crippen LogP contribution in [0.3, 0.4) is 0 Å². The Balaban J connectivity index is 1.87. The molecule has 4 nitrogen and oxygen atoms in total. The van der Waals surface area contributed by atoms with E-state index in [-0.39, 0.29) is 5.91 Å². The molecule has 1 fully saturated rings. The van der Waals surface area contributed by atoms with Crippen LogP contribution in [0.15, 0.2) is 24.3 Å². The van der Waals surface area contributed by atoms with E-state index in [1.807, 2.05) is 29.2 Å². The minimum Gasteiger partial charge on any atom is -0.494 e. The van der Waals surface area contributed by atoms with Crippen molar-refractivity contribution in [2.45, 2.75) is 32.7 Å². The number of carbonyl (C=O) groups is 1. The molecule has 5 heteroatoms. The lowest BCUT2D eigenvalue weighted by atomic mass is 10.2. The summed E-state index contributed by atoms with van der Waals surface area (Å²) < 4.78 is 5.63. The summed E-state index contributed by atoms with van der Waals surface area (Å²) in [7, 11) is 0. The molecule has 108 valence electrons. The summed E-state index contributed by atoms with van der Waals surface area (Å²) in [6, 6.07) is 8.05. The topological polar surface area (TPSA) is 41.6 Å². The lowest BCUT2D eigenvalue weighted by Gasteiger charge is -2.29. The average molecular weight is 292 g/mol.